The summed E-state index contributed by atoms with van der Waals surface area (Å²) in [5, 5.41) is 0. The van der Waals surface area contributed by atoms with E-state index in [9.17, 15) is 0 Å². The molecule has 0 saturated heterocycles. The summed E-state index contributed by atoms with van der Waals surface area (Å²) < 4.78 is 0. The summed E-state index contributed by atoms with van der Waals surface area (Å²) in [6, 6.07) is 18.7. The van der Waals surface area contributed by atoms with Crippen molar-refractivity contribution >= 4 is 17.2 Å². The summed E-state index contributed by atoms with van der Waals surface area (Å²) in [4.78, 5) is 2.85. The van der Waals surface area contributed by atoms with Gasteiger partial charge in [0.05, 0.1) is 11.0 Å². The summed E-state index contributed by atoms with van der Waals surface area (Å²) in [6.45, 7) is 5.99. The van der Waals surface area contributed by atoms with Crippen molar-refractivity contribution in [3.8, 4) is 0 Å². The van der Waals surface area contributed by atoms with Crippen molar-refractivity contribution in [3.63, 3.8) is 0 Å². The summed E-state index contributed by atoms with van der Waals surface area (Å²) in [6.07, 6.45) is 0. The highest BCUT2D eigenvalue weighted by Gasteiger charge is 2.23. The van der Waals surface area contributed by atoms with Crippen LogP contribution in [0, 0.1) is 6.92 Å². The van der Waals surface area contributed by atoms with Crippen LogP contribution in [-0.4, -0.2) is 16.4 Å². The van der Waals surface area contributed by atoms with Crippen molar-refractivity contribution in [1.29, 1.82) is 0 Å². The van der Waals surface area contributed by atoms with Gasteiger partial charge in [0, 0.05) is 6.54 Å². The molecule has 0 spiro atoms. The van der Waals surface area contributed by atoms with Gasteiger partial charge >= 0.3 is 0 Å². The number of nitrogens with two attached hydrogens (primary N) is 1. The largest absolute Gasteiger partial charge is 0.392 e. The molecule has 0 heterocycles. The minimum Gasteiger partial charge on any atom is -0.392 e. The fourth-order valence-corrected chi connectivity index (χ4v) is 2.90. The van der Waals surface area contributed by atoms with Gasteiger partial charge in [0.25, 0.3) is 0 Å². The number of aryl methyl sites for hydroxylation is 1. The third-order valence-electron chi connectivity index (χ3n) is 3.75. The number of hydrogen-bond acceptors (Lipinski definition) is 2. The zero-order chi connectivity index (χ0) is 15.2. The first-order valence-corrected chi connectivity index (χ1v) is 7.67. The molecule has 0 aromatic heterocycles. The molecular formula is C18H22N2S. The van der Waals surface area contributed by atoms with E-state index in [1.54, 1.807) is 0 Å². The second-order valence-electron chi connectivity index (χ2n) is 5.21. The lowest BCUT2D eigenvalue weighted by molar-refractivity contribution is 0.248. The molecule has 0 amide bonds. The van der Waals surface area contributed by atoms with Gasteiger partial charge in [0.15, 0.2) is 0 Å². The van der Waals surface area contributed by atoms with Crippen LogP contribution in [0.5, 0.6) is 0 Å². The predicted octanol–water partition coefficient (Wildman–Crippen LogP) is 3.84. The first-order chi connectivity index (χ1) is 10.1. The Hall–Kier alpha value is -1.71. The summed E-state index contributed by atoms with van der Waals surface area (Å²) in [5.41, 5.74) is 9.75. The molecule has 0 radical (unpaired) electrons. The Morgan fingerprint density at radius 1 is 1.10 bits per heavy atom. The Kier molecular flexibility index (Phi) is 5.48. The number of hydrogen-bond donors (Lipinski definition) is 1. The zero-order valence-electron chi connectivity index (χ0n) is 12.6. The third kappa shape index (κ3) is 3.90. The summed E-state index contributed by atoms with van der Waals surface area (Å²) in [5.74, 6) is 0. The van der Waals surface area contributed by atoms with Crippen molar-refractivity contribution < 1.29 is 0 Å². The number of nitrogens with zero attached hydrogens (tertiary/aromatic N) is 1. The molecule has 21 heavy (non-hydrogen) atoms. The van der Waals surface area contributed by atoms with Gasteiger partial charge in [-0.1, -0.05) is 73.7 Å². The Morgan fingerprint density at radius 2 is 1.71 bits per heavy atom. The van der Waals surface area contributed by atoms with E-state index < -0.39 is 0 Å². The normalized spacial score (nSPS) is 12.3. The van der Waals surface area contributed by atoms with Crippen LogP contribution >= 0.6 is 12.2 Å². The Bertz CT molecular complexity index is 595. The molecule has 3 heteroatoms. The Morgan fingerprint density at radius 3 is 2.29 bits per heavy atom. The highest BCUT2D eigenvalue weighted by atomic mass is 32.1. The van der Waals surface area contributed by atoms with Gasteiger partial charge in [-0.15, -0.1) is 0 Å². The molecule has 0 saturated carbocycles. The number of rotatable bonds is 6. The quantitative estimate of drug-likeness (QED) is 0.822. The van der Waals surface area contributed by atoms with Crippen molar-refractivity contribution in [2.75, 3.05) is 6.54 Å². The zero-order valence-corrected chi connectivity index (χ0v) is 13.4. The minimum absolute atomic E-state index is 0.0218. The minimum atomic E-state index is -0.0218. The highest BCUT2D eigenvalue weighted by molar-refractivity contribution is 7.80. The molecule has 0 bridgehead atoms. The lowest BCUT2D eigenvalue weighted by Gasteiger charge is -2.31. The molecule has 2 N–H and O–H groups in total. The van der Waals surface area contributed by atoms with Crippen LogP contribution in [0.15, 0.2) is 54.6 Å². The van der Waals surface area contributed by atoms with Gasteiger partial charge in [-0.2, -0.15) is 0 Å². The maximum atomic E-state index is 6.06. The Labute approximate surface area is 132 Å². The molecule has 1 atom stereocenters. The lowest BCUT2D eigenvalue weighted by atomic mass is 9.99. The second kappa shape index (κ2) is 7.34. The van der Waals surface area contributed by atoms with Crippen molar-refractivity contribution in [2.45, 2.75) is 26.4 Å². The molecule has 2 rings (SSSR count). The van der Waals surface area contributed by atoms with Gasteiger partial charge < -0.3 is 5.73 Å². The molecule has 0 aliphatic rings. The highest BCUT2D eigenvalue weighted by Crippen LogP contribution is 2.25. The van der Waals surface area contributed by atoms with Gasteiger partial charge in [-0.05, 0) is 30.2 Å². The molecule has 0 fully saturated rings. The topological polar surface area (TPSA) is 29.3 Å². The van der Waals surface area contributed by atoms with E-state index >= 15 is 0 Å². The number of thiocarbonyl (C=S) groups is 1. The van der Waals surface area contributed by atoms with E-state index in [1.165, 1.54) is 16.7 Å². The maximum absolute atomic E-state index is 6.06. The fraction of sp³-hybridized carbons (Fsp3) is 0.278. The Balaban J connectivity index is 2.31. The van der Waals surface area contributed by atoms with Gasteiger partial charge in [-0.3, -0.25) is 4.90 Å². The monoisotopic (exact) mass is 298 g/mol. The van der Waals surface area contributed by atoms with Crippen LogP contribution in [0.4, 0.5) is 0 Å². The molecule has 0 aliphatic carbocycles. The SMILES string of the molecule is CCN(Cc1ccccc1)C(C(N)=S)c1ccccc1C. The smallest absolute Gasteiger partial charge is 0.0948 e. The first kappa shape index (κ1) is 15.7. The van der Waals surface area contributed by atoms with Gasteiger partial charge in [0.2, 0.25) is 0 Å². The summed E-state index contributed by atoms with van der Waals surface area (Å²) >= 11 is 5.35. The van der Waals surface area contributed by atoms with E-state index in [2.05, 4.69) is 55.1 Å². The van der Waals surface area contributed by atoms with E-state index in [-0.39, 0.29) is 6.04 Å². The van der Waals surface area contributed by atoms with Crippen LogP contribution in [0.3, 0.4) is 0 Å². The van der Waals surface area contributed by atoms with Crippen LogP contribution in [0.1, 0.15) is 29.7 Å². The van der Waals surface area contributed by atoms with Gasteiger partial charge in [-0.25, -0.2) is 0 Å². The fourth-order valence-electron chi connectivity index (χ4n) is 2.63. The maximum Gasteiger partial charge on any atom is 0.0948 e. The predicted molar refractivity (Wildman–Crippen MR) is 93.2 cm³/mol. The third-order valence-corrected chi connectivity index (χ3v) is 3.98. The lowest BCUT2D eigenvalue weighted by Crippen LogP contribution is -2.36. The molecule has 2 aromatic rings. The number of likely N-dealkylation sites (N-methyl/N-ethyl adjacent to an activating group) is 1. The average Bonchev–Trinajstić information content (AvgIpc) is 2.49. The van der Waals surface area contributed by atoms with Crippen LogP contribution in [0.25, 0.3) is 0 Å². The van der Waals surface area contributed by atoms with Gasteiger partial charge in [0.1, 0.15) is 0 Å². The molecular weight excluding hydrogens is 276 g/mol. The summed E-state index contributed by atoms with van der Waals surface area (Å²) in [7, 11) is 0. The van der Waals surface area contributed by atoms with E-state index in [0.29, 0.717) is 4.99 Å². The van der Waals surface area contributed by atoms with E-state index in [1.807, 2.05) is 18.2 Å². The molecule has 1 unspecified atom stereocenters. The average molecular weight is 298 g/mol. The number of benzene rings is 2. The van der Waals surface area contributed by atoms with Crippen LogP contribution in [0.2, 0.25) is 0 Å². The standard InChI is InChI=1S/C18H22N2S/c1-3-20(13-15-10-5-4-6-11-15)17(18(19)21)16-12-8-7-9-14(16)2/h4-12,17H,3,13H2,1-2H3,(H2,19,21). The van der Waals surface area contributed by atoms with E-state index in [4.69, 9.17) is 18.0 Å². The van der Waals surface area contributed by atoms with Crippen molar-refractivity contribution in [2.24, 2.45) is 5.73 Å². The molecule has 110 valence electrons. The van der Waals surface area contributed by atoms with E-state index in [0.717, 1.165) is 13.1 Å². The van der Waals surface area contributed by atoms with Crippen LogP contribution < -0.4 is 5.73 Å². The van der Waals surface area contributed by atoms with Crippen molar-refractivity contribution in [1.82, 2.24) is 4.90 Å². The first-order valence-electron chi connectivity index (χ1n) is 7.26. The molecule has 2 nitrogen and oxygen atoms in total. The second-order valence-corrected chi connectivity index (χ2v) is 5.68. The molecule has 2 aromatic carbocycles. The molecule has 0 aliphatic heterocycles. The van der Waals surface area contributed by atoms with Crippen LogP contribution in [-0.2, 0) is 6.54 Å². The van der Waals surface area contributed by atoms with Crippen molar-refractivity contribution in [3.05, 3.63) is 71.3 Å².